The highest BCUT2D eigenvalue weighted by Gasteiger charge is 2.03. The number of hydrogen-bond acceptors (Lipinski definition) is 2. The summed E-state index contributed by atoms with van der Waals surface area (Å²) in [7, 11) is 0. The number of imidazole rings is 1. The van der Waals surface area contributed by atoms with Gasteiger partial charge in [0.1, 0.15) is 5.65 Å². The van der Waals surface area contributed by atoms with Gasteiger partial charge in [-0.3, -0.25) is 4.40 Å². The van der Waals surface area contributed by atoms with Crippen molar-refractivity contribution in [2.75, 3.05) is 5.75 Å². The van der Waals surface area contributed by atoms with Crippen molar-refractivity contribution in [1.29, 1.82) is 0 Å². The SMILES string of the molecule is Cc1ccn2c(SCCc3ccccc3)cnc2c1. The van der Waals surface area contributed by atoms with Crippen LogP contribution in [0.25, 0.3) is 5.65 Å². The maximum Gasteiger partial charge on any atom is 0.137 e. The van der Waals surface area contributed by atoms with Crippen molar-refractivity contribution in [2.45, 2.75) is 18.4 Å². The lowest BCUT2D eigenvalue weighted by Gasteiger charge is -2.03. The van der Waals surface area contributed by atoms with E-state index >= 15 is 0 Å². The maximum absolute atomic E-state index is 4.45. The van der Waals surface area contributed by atoms with Crippen molar-refractivity contribution in [2.24, 2.45) is 0 Å². The zero-order chi connectivity index (χ0) is 13.1. The van der Waals surface area contributed by atoms with Gasteiger partial charge in [0.05, 0.1) is 11.2 Å². The van der Waals surface area contributed by atoms with Crippen LogP contribution in [0.2, 0.25) is 0 Å². The minimum absolute atomic E-state index is 1.03. The van der Waals surface area contributed by atoms with E-state index in [2.05, 4.69) is 65.0 Å². The van der Waals surface area contributed by atoms with Gasteiger partial charge in [0.25, 0.3) is 0 Å². The number of aromatic nitrogens is 2. The van der Waals surface area contributed by atoms with Gasteiger partial charge in [0.2, 0.25) is 0 Å². The monoisotopic (exact) mass is 268 g/mol. The number of fused-ring (bicyclic) bond motifs is 1. The zero-order valence-corrected chi connectivity index (χ0v) is 11.7. The van der Waals surface area contributed by atoms with Gasteiger partial charge < -0.3 is 0 Å². The molecule has 0 saturated carbocycles. The van der Waals surface area contributed by atoms with Crippen LogP contribution in [0.1, 0.15) is 11.1 Å². The van der Waals surface area contributed by atoms with Crippen molar-refractivity contribution >= 4 is 17.4 Å². The summed E-state index contributed by atoms with van der Waals surface area (Å²) < 4.78 is 2.16. The van der Waals surface area contributed by atoms with Crippen LogP contribution < -0.4 is 0 Å². The van der Waals surface area contributed by atoms with E-state index in [0.717, 1.165) is 17.8 Å². The van der Waals surface area contributed by atoms with Crippen molar-refractivity contribution in [1.82, 2.24) is 9.38 Å². The molecule has 0 bridgehead atoms. The lowest BCUT2D eigenvalue weighted by Crippen LogP contribution is -1.91. The average Bonchev–Trinajstić information content (AvgIpc) is 2.82. The van der Waals surface area contributed by atoms with Gasteiger partial charge in [-0.1, -0.05) is 30.3 Å². The van der Waals surface area contributed by atoms with Crippen LogP contribution in [0.3, 0.4) is 0 Å². The third kappa shape index (κ3) is 2.82. The van der Waals surface area contributed by atoms with Crippen molar-refractivity contribution < 1.29 is 0 Å². The average molecular weight is 268 g/mol. The molecule has 2 aromatic heterocycles. The quantitative estimate of drug-likeness (QED) is 0.666. The summed E-state index contributed by atoms with van der Waals surface area (Å²) in [6.07, 6.45) is 5.15. The Balaban J connectivity index is 1.69. The molecular formula is C16H16N2S. The lowest BCUT2D eigenvalue weighted by atomic mass is 10.2. The van der Waals surface area contributed by atoms with Crippen LogP contribution in [0, 0.1) is 6.92 Å². The molecule has 19 heavy (non-hydrogen) atoms. The lowest BCUT2D eigenvalue weighted by molar-refractivity contribution is 1.04. The van der Waals surface area contributed by atoms with Crippen LogP contribution in [-0.2, 0) is 6.42 Å². The summed E-state index contributed by atoms with van der Waals surface area (Å²) in [4.78, 5) is 4.45. The van der Waals surface area contributed by atoms with E-state index in [1.54, 1.807) is 0 Å². The van der Waals surface area contributed by atoms with Crippen LogP contribution in [0.4, 0.5) is 0 Å². The Morgan fingerprint density at radius 1 is 1.16 bits per heavy atom. The van der Waals surface area contributed by atoms with Crippen LogP contribution >= 0.6 is 11.8 Å². The van der Waals surface area contributed by atoms with Gasteiger partial charge in [-0.05, 0) is 36.6 Å². The highest BCUT2D eigenvalue weighted by molar-refractivity contribution is 7.99. The van der Waals surface area contributed by atoms with Gasteiger partial charge >= 0.3 is 0 Å². The number of rotatable bonds is 4. The van der Waals surface area contributed by atoms with E-state index in [0.29, 0.717) is 0 Å². The summed E-state index contributed by atoms with van der Waals surface area (Å²) in [6.45, 7) is 2.09. The summed E-state index contributed by atoms with van der Waals surface area (Å²) in [5.74, 6) is 1.08. The number of nitrogens with zero attached hydrogens (tertiary/aromatic N) is 2. The zero-order valence-electron chi connectivity index (χ0n) is 10.9. The molecule has 1 aromatic carbocycles. The fourth-order valence-corrected chi connectivity index (χ4v) is 3.05. The second-order valence-corrected chi connectivity index (χ2v) is 5.73. The number of thioether (sulfide) groups is 1. The fourth-order valence-electron chi connectivity index (χ4n) is 2.08. The Hall–Kier alpha value is -1.74. The predicted molar refractivity (Wildman–Crippen MR) is 80.8 cm³/mol. The highest BCUT2D eigenvalue weighted by atomic mass is 32.2. The minimum Gasteiger partial charge on any atom is -0.295 e. The molecule has 0 saturated heterocycles. The van der Waals surface area contributed by atoms with Crippen LogP contribution in [0.15, 0.2) is 59.9 Å². The third-order valence-electron chi connectivity index (χ3n) is 3.12. The molecule has 3 aromatic rings. The summed E-state index contributed by atoms with van der Waals surface area (Å²) in [5, 5.41) is 1.21. The first-order valence-corrected chi connectivity index (χ1v) is 7.42. The van der Waals surface area contributed by atoms with Crippen molar-refractivity contribution in [3.05, 3.63) is 66.0 Å². The maximum atomic E-state index is 4.45. The van der Waals surface area contributed by atoms with E-state index in [4.69, 9.17) is 0 Å². The minimum atomic E-state index is 1.03. The molecule has 0 amide bonds. The first-order chi connectivity index (χ1) is 9.33. The Kier molecular flexibility index (Phi) is 3.56. The van der Waals surface area contributed by atoms with E-state index in [1.165, 1.54) is 16.2 Å². The van der Waals surface area contributed by atoms with Crippen molar-refractivity contribution in [3.8, 4) is 0 Å². The predicted octanol–water partition coefficient (Wildman–Crippen LogP) is 3.98. The van der Waals surface area contributed by atoms with E-state index in [9.17, 15) is 0 Å². The molecule has 0 unspecified atom stereocenters. The Morgan fingerprint density at radius 2 is 2.00 bits per heavy atom. The molecule has 0 aliphatic heterocycles. The number of hydrogen-bond donors (Lipinski definition) is 0. The van der Waals surface area contributed by atoms with Gasteiger partial charge in [0, 0.05) is 11.9 Å². The number of aryl methyl sites for hydroxylation is 2. The molecule has 3 heteroatoms. The topological polar surface area (TPSA) is 17.3 Å². The van der Waals surface area contributed by atoms with Crippen molar-refractivity contribution in [3.63, 3.8) is 0 Å². The molecule has 0 spiro atoms. The smallest absolute Gasteiger partial charge is 0.137 e. The number of benzene rings is 1. The molecular weight excluding hydrogens is 252 g/mol. The molecule has 0 N–H and O–H groups in total. The molecule has 0 fully saturated rings. The van der Waals surface area contributed by atoms with Gasteiger partial charge in [-0.2, -0.15) is 0 Å². The molecule has 3 rings (SSSR count). The molecule has 2 heterocycles. The third-order valence-corrected chi connectivity index (χ3v) is 4.12. The molecule has 96 valence electrons. The first-order valence-electron chi connectivity index (χ1n) is 6.43. The normalized spacial score (nSPS) is 11.0. The summed E-state index contributed by atoms with van der Waals surface area (Å²) >= 11 is 1.86. The Morgan fingerprint density at radius 3 is 2.84 bits per heavy atom. The first kappa shape index (κ1) is 12.3. The molecule has 0 atom stereocenters. The van der Waals surface area contributed by atoms with Crippen LogP contribution in [0.5, 0.6) is 0 Å². The molecule has 0 radical (unpaired) electrons. The van der Waals surface area contributed by atoms with Gasteiger partial charge in [-0.25, -0.2) is 4.98 Å². The second-order valence-electron chi connectivity index (χ2n) is 4.61. The highest BCUT2D eigenvalue weighted by Crippen LogP contribution is 2.21. The van der Waals surface area contributed by atoms with Crippen LogP contribution in [-0.4, -0.2) is 15.1 Å². The largest absolute Gasteiger partial charge is 0.295 e. The van der Waals surface area contributed by atoms with E-state index in [1.807, 2.05) is 18.0 Å². The number of pyridine rings is 1. The molecule has 0 aliphatic carbocycles. The molecule has 0 aliphatic rings. The molecule has 2 nitrogen and oxygen atoms in total. The van der Waals surface area contributed by atoms with E-state index < -0.39 is 0 Å². The van der Waals surface area contributed by atoms with Gasteiger partial charge in [-0.15, -0.1) is 11.8 Å². The standard InChI is InChI=1S/C16H16N2S/c1-13-7-9-18-15(11-13)17-12-16(18)19-10-8-14-5-3-2-4-6-14/h2-7,9,11-12H,8,10H2,1H3. The van der Waals surface area contributed by atoms with Gasteiger partial charge in [0.15, 0.2) is 0 Å². The Bertz CT molecular complexity index is 674. The fraction of sp³-hybridized carbons (Fsp3) is 0.188. The Labute approximate surface area is 117 Å². The summed E-state index contributed by atoms with van der Waals surface area (Å²) in [5.41, 5.74) is 3.67. The van der Waals surface area contributed by atoms with E-state index in [-0.39, 0.29) is 0 Å². The second kappa shape index (κ2) is 5.49. The summed E-state index contributed by atoms with van der Waals surface area (Å²) in [6, 6.07) is 14.8.